The number of para-hydroxylation sites is 2. The van der Waals surface area contributed by atoms with E-state index in [0.29, 0.717) is 27.7 Å². The molecule has 0 aromatic heterocycles. The van der Waals surface area contributed by atoms with Crippen LogP contribution in [0.2, 0.25) is 5.02 Å². The van der Waals surface area contributed by atoms with Gasteiger partial charge < -0.3 is 10.1 Å². The van der Waals surface area contributed by atoms with Crippen molar-refractivity contribution in [3.8, 4) is 5.75 Å². The minimum atomic E-state index is -0.435. The molecule has 0 bridgehead atoms. The van der Waals surface area contributed by atoms with Gasteiger partial charge in [0, 0.05) is 16.3 Å². The number of rotatable bonds is 5. The van der Waals surface area contributed by atoms with Gasteiger partial charge in [-0.1, -0.05) is 48.0 Å². The van der Waals surface area contributed by atoms with Gasteiger partial charge in [-0.3, -0.25) is 9.59 Å². The molecule has 2 amide bonds. The molecule has 0 saturated heterocycles. The number of ether oxygens (including phenoxy) is 1. The number of hydrogen-bond donors (Lipinski definition) is 1. The molecule has 0 atom stereocenters. The highest BCUT2D eigenvalue weighted by Gasteiger charge is 2.41. The van der Waals surface area contributed by atoms with Gasteiger partial charge in [-0.05, 0) is 48.9 Å². The first-order valence-electron chi connectivity index (χ1n) is 9.36. The molecule has 5 nitrogen and oxygen atoms in total. The van der Waals surface area contributed by atoms with E-state index < -0.39 is 11.8 Å². The van der Waals surface area contributed by atoms with Crippen molar-refractivity contribution >= 4 is 40.4 Å². The summed E-state index contributed by atoms with van der Waals surface area (Å²) in [5.41, 5.74) is 2.93. The quantitative estimate of drug-likeness (QED) is 0.589. The topological polar surface area (TPSA) is 58.6 Å². The van der Waals surface area contributed by atoms with E-state index in [1.807, 2.05) is 43.3 Å². The third-order valence-electron chi connectivity index (χ3n) is 4.90. The van der Waals surface area contributed by atoms with Gasteiger partial charge in [0.05, 0.1) is 18.4 Å². The molecule has 30 heavy (non-hydrogen) atoms. The van der Waals surface area contributed by atoms with Crippen LogP contribution >= 0.6 is 11.6 Å². The number of carbonyl (C=O) groups is 2. The zero-order chi connectivity index (χ0) is 21.3. The molecule has 6 heteroatoms. The molecule has 0 aliphatic carbocycles. The number of hydrogen-bond acceptors (Lipinski definition) is 4. The Bertz CT molecular complexity index is 1170. The van der Waals surface area contributed by atoms with E-state index in [1.54, 1.807) is 36.4 Å². The molecule has 1 aliphatic heterocycles. The predicted octanol–water partition coefficient (Wildman–Crippen LogP) is 5.05. The maximum atomic E-state index is 13.5. The van der Waals surface area contributed by atoms with Gasteiger partial charge in [0.25, 0.3) is 11.8 Å². The first-order chi connectivity index (χ1) is 14.5. The van der Waals surface area contributed by atoms with Crippen LogP contribution in [-0.2, 0) is 9.59 Å². The summed E-state index contributed by atoms with van der Waals surface area (Å²) in [5.74, 6) is -0.348. The van der Waals surface area contributed by atoms with Crippen LogP contribution in [0, 0.1) is 6.92 Å². The van der Waals surface area contributed by atoms with E-state index in [-0.39, 0.29) is 11.3 Å². The first-order valence-corrected chi connectivity index (χ1v) is 9.73. The number of carbonyl (C=O) groups excluding carboxylic acids is 2. The lowest BCUT2D eigenvalue weighted by molar-refractivity contribution is -0.120. The summed E-state index contributed by atoms with van der Waals surface area (Å²) in [6.07, 6.45) is 0. The lowest BCUT2D eigenvalue weighted by Gasteiger charge is -2.18. The fourth-order valence-electron chi connectivity index (χ4n) is 3.50. The molecule has 1 N–H and O–H groups in total. The standard InChI is InChI=1S/C24H19ClN2O3/c1-15-14-16(25)12-13-19(15)27-23(28)21(18-10-6-7-11-20(18)30-2)22(24(27)29)26-17-8-4-3-5-9-17/h3-14,26H,1-2H3. The monoisotopic (exact) mass is 418 g/mol. The normalized spacial score (nSPS) is 13.8. The number of nitrogens with one attached hydrogen (secondary N) is 1. The van der Waals surface area contributed by atoms with Gasteiger partial charge in [0.1, 0.15) is 11.4 Å². The summed E-state index contributed by atoms with van der Waals surface area (Å²) in [6.45, 7) is 1.81. The summed E-state index contributed by atoms with van der Waals surface area (Å²) < 4.78 is 5.46. The number of nitrogens with zero attached hydrogens (tertiary/aromatic N) is 1. The average Bonchev–Trinajstić information content (AvgIpc) is 2.98. The molecule has 0 unspecified atom stereocenters. The van der Waals surface area contributed by atoms with E-state index >= 15 is 0 Å². The number of methoxy groups -OCH3 is 1. The van der Waals surface area contributed by atoms with Crippen molar-refractivity contribution in [1.29, 1.82) is 0 Å². The van der Waals surface area contributed by atoms with Gasteiger partial charge in [0.15, 0.2) is 0 Å². The first kappa shape index (κ1) is 19.7. The van der Waals surface area contributed by atoms with Crippen molar-refractivity contribution in [2.45, 2.75) is 6.92 Å². The molecule has 0 spiro atoms. The Labute approximate surface area is 179 Å². The third-order valence-corrected chi connectivity index (χ3v) is 5.14. The fraction of sp³-hybridized carbons (Fsp3) is 0.0833. The number of imide groups is 1. The van der Waals surface area contributed by atoms with Crippen LogP contribution in [0.15, 0.2) is 78.5 Å². The summed E-state index contributed by atoms with van der Waals surface area (Å²) in [7, 11) is 1.53. The van der Waals surface area contributed by atoms with Crippen LogP contribution in [0.4, 0.5) is 11.4 Å². The Kier molecular flexibility index (Phi) is 5.29. The van der Waals surface area contributed by atoms with Crippen LogP contribution in [0.25, 0.3) is 5.57 Å². The van der Waals surface area contributed by atoms with Crippen molar-refractivity contribution in [2.24, 2.45) is 0 Å². The second-order valence-corrected chi connectivity index (χ2v) is 7.25. The molecule has 3 aromatic rings. The fourth-order valence-corrected chi connectivity index (χ4v) is 3.73. The second kappa shape index (κ2) is 8.05. The molecule has 0 fully saturated rings. The smallest absolute Gasteiger partial charge is 0.282 e. The van der Waals surface area contributed by atoms with E-state index in [0.717, 1.165) is 5.56 Å². The summed E-state index contributed by atoms with van der Waals surface area (Å²) in [6, 6.07) is 21.5. The molecule has 0 radical (unpaired) electrons. The van der Waals surface area contributed by atoms with E-state index in [2.05, 4.69) is 5.32 Å². The van der Waals surface area contributed by atoms with Crippen LogP contribution < -0.4 is 15.0 Å². The maximum Gasteiger partial charge on any atom is 0.282 e. The van der Waals surface area contributed by atoms with Crippen LogP contribution in [0.3, 0.4) is 0 Å². The Morgan fingerprint density at radius 2 is 1.60 bits per heavy atom. The van der Waals surface area contributed by atoms with Crippen molar-refractivity contribution in [2.75, 3.05) is 17.3 Å². The lowest BCUT2D eigenvalue weighted by Crippen LogP contribution is -2.33. The number of amides is 2. The Morgan fingerprint density at radius 1 is 0.900 bits per heavy atom. The van der Waals surface area contributed by atoms with Crippen molar-refractivity contribution in [1.82, 2.24) is 0 Å². The van der Waals surface area contributed by atoms with Gasteiger partial charge in [0.2, 0.25) is 0 Å². The number of halogens is 1. The van der Waals surface area contributed by atoms with Gasteiger partial charge in [-0.15, -0.1) is 0 Å². The van der Waals surface area contributed by atoms with E-state index in [4.69, 9.17) is 16.3 Å². The highest BCUT2D eigenvalue weighted by molar-refractivity contribution is 6.46. The van der Waals surface area contributed by atoms with Gasteiger partial charge in [-0.25, -0.2) is 4.90 Å². The van der Waals surface area contributed by atoms with Crippen LogP contribution in [0.1, 0.15) is 11.1 Å². The number of aryl methyl sites for hydroxylation is 1. The molecule has 1 aliphatic rings. The predicted molar refractivity (Wildman–Crippen MR) is 119 cm³/mol. The largest absolute Gasteiger partial charge is 0.496 e. The minimum Gasteiger partial charge on any atom is -0.496 e. The van der Waals surface area contributed by atoms with Crippen molar-refractivity contribution in [3.05, 3.63) is 94.6 Å². The molecule has 3 aromatic carbocycles. The highest BCUT2D eigenvalue weighted by atomic mass is 35.5. The lowest BCUT2D eigenvalue weighted by atomic mass is 10.0. The molecular weight excluding hydrogens is 400 g/mol. The van der Waals surface area contributed by atoms with Crippen LogP contribution in [0.5, 0.6) is 5.75 Å². The molecule has 4 rings (SSSR count). The second-order valence-electron chi connectivity index (χ2n) is 6.82. The zero-order valence-electron chi connectivity index (χ0n) is 16.5. The number of benzene rings is 3. The Balaban J connectivity index is 1.88. The molecular formula is C24H19ClN2O3. The molecule has 0 saturated carbocycles. The van der Waals surface area contributed by atoms with Gasteiger partial charge in [-0.2, -0.15) is 0 Å². The summed E-state index contributed by atoms with van der Waals surface area (Å²) in [5, 5.41) is 3.68. The summed E-state index contributed by atoms with van der Waals surface area (Å²) in [4.78, 5) is 28.2. The van der Waals surface area contributed by atoms with Crippen LogP contribution in [-0.4, -0.2) is 18.9 Å². The number of anilines is 2. The Morgan fingerprint density at radius 3 is 2.30 bits per heavy atom. The van der Waals surface area contributed by atoms with E-state index in [9.17, 15) is 9.59 Å². The SMILES string of the molecule is COc1ccccc1C1=C(Nc2ccccc2)C(=O)N(c2ccc(Cl)cc2C)C1=O. The van der Waals surface area contributed by atoms with Crippen molar-refractivity contribution in [3.63, 3.8) is 0 Å². The maximum absolute atomic E-state index is 13.5. The summed E-state index contributed by atoms with van der Waals surface area (Å²) >= 11 is 6.07. The van der Waals surface area contributed by atoms with Crippen molar-refractivity contribution < 1.29 is 14.3 Å². The zero-order valence-corrected chi connectivity index (χ0v) is 17.2. The average molecular weight is 419 g/mol. The molecule has 1 heterocycles. The van der Waals surface area contributed by atoms with Gasteiger partial charge >= 0.3 is 0 Å². The van der Waals surface area contributed by atoms with E-state index in [1.165, 1.54) is 12.0 Å². The minimum absolute atomic E-state index is 0.199. The third kappa shape index (κ3) is 3.44. The molecule has 150 valence electrons. The Hall–Kier alpha value is -3.57. The highest BCUT2D eigenvalue weighted by Crippen LogP contribution is 2.38.